The monoisotopic (exact) mass is 306 g/mol. The van der Waals surface area contributed by atoms with Crippen molar-refractivity contribution in [3.8, 4) is 0 Å². The number of sulfone groups is 1. The largest absolute Gasteiger partial charge is 0.293 e. The minimum Gasteiger partial charge on any atom is -0.293 e. The molecule has 2 aromatic carbocycles. The molecule has 2 aromatic rings. The Morgan fingerprint density at radius 2 is 1.81 bits per heavy atom. The molecule has 0 N–H and O–H groups in total. The van der Waals surface area contributed by atoms with E-state index in [9.17, 15) is 17.6 Å². The molecule has 0 aliphatic carbocycles. The lowest BCUT2D eigenvalue weighted by Gasteiger charge is -2.06. The van der Waals surface area contributed by atoms with E-state index in [-0.39, 0.29) is 11.3 Å². The third-order valence-corrected chi connectivity index (χ3v) is 4.47. The van der Waals surface area contributed by atoms with Gasteiger partial charge in [-0.25, -0.2) is 12.8 Å². The second-order valence-corrected chi connectivity index (χ2v) is 6.99. The summed E-state index contributed by atoms with van der Waals surface area (Å²) in [6.07, 6.45) is 0. The number of hydrogen-bond donors (Lipinski definition) is 0. The molecule has 0 radical (unpaired) electrons. The molecule has 0 aromatic heterocycles. The van der Waals surface area contributed by atoms with E-state index in [1.165, 1.54) is 18.2 Å². The van der Waals surface area contributed by atoms with Gasteiger partial charge in [0.25, 0.3) is 0 Å². The minimum atomic E-state index is -3.63. The number of aryl methyl sites for hydroxylation is 1. The van der Waals surface area contributed by atoms with Gasteiger partial charge in [0.15, 0.2) is 15.6 Å². The fraction of sp³-hybridized carbons (Fsp3) is 0.188. The Labute approximate surface area is 123 Å². The number of carbonyl (C=O) groups is 1. The second-order valence-electron chi connectivity index (χ2n) is 4.92. The van der Waals surface area contributed by atoms with Gasteiger partial charge in [-0.1, -0.05) is 42.0 Å². The van der Waals surface area contributed by atoms with Crippen LogP contribution in [0.15, 0.2) is 48.5 Å². The summed E-state index contributed by atoms with van der Waals surface area (Å²) in [6.45, 7) is 1.86. The van der Waals surface area contributed by atoms with E-state index < -0.39 is 27.2 Å². The number of hydrogen-bond acceptors (Lipinski definition) is 3. The third-order valence-electron chi connectivity index (χ3n) is 2.99. The van der Waals surface area contributed by atoms with E-state index in [0.717, 1.165) is 11.6 Å². The quantitative estimate of drug-likeness (QED) is 0.798. The molecule has 0 saturated heterocycles. The van der Waals surface area contributed by atoms with Gasteiger partial charge in [0, 0.05) is 0 Å². The minimum absolute atomic E-state index is 0.190. The maximum absolute atomic E-state index is 13.5. The first-order valence-electron chi connectivity index (χ1n) is 6.41. The average molecular weight is 306 g/mol. The van der Waals surface area contributed by atoms with Gasteiger partial charge >= 0.3 is 0 Å². The van der Waals surface area contributed by atoms with Gasteiger partial charge in [-0.05, 0) is 24.6 Å². The lowest BCUT2D eigenvalue weighted by Crippen LogP contribution is -2.19. The third kappa shape index (κ3) is 4.23. The van der Waals surface area contributed by atoms with Crippen LogP contribution < -0.4 is 0 Å². The molecular weight excluding hydrogens is 291 g/mol. The van der Waals surface area contributed by atoms with E-state index in [0.29, 0.717) is 5.56 Å². The fourth-order valence-electron chi connectivity index (χ4n) is 2.07. The number of halogens is 1. The van der Waals surface area contributed by atoms with Gasteiger partial charge in [-0.15, -0.1) is 0 Å². The van der Waals surface area contributed by atoms with Gasteiger partial charge in [-0.3, -0.25) is 4.79 Å². The molecule has 0 saturated carbocycles. The van der Waals surface area contributed by atoms with Crippen molar-refractivity contribution in [3.63, 3.8) is 0 Å². The molecule has 0 bridgehead atoms. The summed E-state index contributed by atoms with van der Waals surface area (Å²) in [6, 6.07) is 12.5. The number of benzene rings is 2. The topological polar surface area (TPSA) is 51.2 Å². The van der Waals surface area contributed by atoms with Crippen LogP contribution in [0.3, 0.4) is 0 Å². The molecule has 0 heterocycles. The number of carbonyl (C=O) groups excluding carboxylic acids is 1. The van der Waals surface area contributed by atoms with E-state index in [2.05, 4.69) is 0 Å². The predicted octanol–water partition coefficient (Wildman–Crippen LogP) is 2.93. The van der Waals surface area contributed by atoms with Crippen LogP contribution in [0, 0.1) is 12.7 Å². The predicted molar refractivity (Wildman–Crippen MR) is 79.4 cm³/mol. The molecule has 0 aliphatic heterocycles. The summed E-state index contributed by atoms with van der Waals surface area (Å²) in [5, 5.41) is 0. The average Bonchev–Trinajstić information content (AvgIpc) is 2.37. The Kier molecular flexibility index (Phi) is 4.53. The van der Waals surface area contributed by atoms with Crippen LogP contribution in [0.2, 0.25) is 0 Å². The van der Waals surface area contributed by atoms with Crippen LogP contribution in [0.4, 0.5) is 4.39 Å². The standard InChI is InChI=1S/C16H15FO3S/c1-12-5-4-6-13(9-12)10-21(19,20)11-16(18)14-7-2-3-8-15(14)17/h2-9H,10-11H2,1H3. The van der Waals surface area contributed by atoms with Crippen molar-refractivity contribution < 1.29 is 17.6 Å². The molecule has 0 fully saturated rings. The SMILES string of the molecule is Cc1cccc(CS(=O)(=O)CC(=O)c2ccccc2F)c1. The highest BCUT2D eigenvalue weighted by Gasteiger charge is 2.20. The first-order chi connectivity index (χ1) is 9.87. The maximum Gasteiger partial charge on any atom is 0.180 e. The maximum atomic E-state index is 13.5. The van der Waals surface area contributed by atoms with Gasteiger partial charge < -0.3 is 0 Å². The first-order valence-corrected chi connectivity index (χ1v) is 8.23. The van der Waals surface area contributed by atoms with Crippen molar-refractivity contribution in [1.82, 2.24) is 0 Å². The van der Waals surface area contributed by atoms with E-state index in [1.807, 2.05) is 13.0 Å². The number of ketones is 1. The molecule has 5 heteroatoms. The Morgan fingerprint density at radius 3 is 2.48 bits per heavy atom. The van der Waals surface area contributed by atoms with E-state index in [1.54, 1.807) is 18.2 Å². The second kappa shape index (κ2) is 6.18. The summed E-state index contributed by atoms with van der Waals surface area (Å²) in [4.78, 5) is 11.9. The van der Waals surface area contributed by atoms with Crippen LogP contribution in [0.1, 0.15) is 21.5 Å². The zero-order chi connectivity index (χ0) is 15.5. The smallest absolute Gasteiger partial charge is 0.180 e. The highest BCUT2D eigenvalue weighted by atomic mass is 32.2. The van der Waals surface area contributed by atoms with Crippen LogP contribution in [0.5, 0.6) is 0 Å². The highest BCUT2D eigenvalue weighted by Crippen LogP contribution is 2.13. The van der Waals surface area contributed by atoms with E-state index in [4.69, 9.17) is 0 Å². The normalized spacial score (nSPS) is 11.3. The molecule has 3 nitrogen and oxygen atoms in total. The Morgan fingerprint density at radius 1 is 1.10 bits per heavy atom. The van der Waals surface area contributed by atoms with Gasteiger partial charge in [0.05, 0.1) is 11.3 Å². The summed E-state index contributed by atoms with van der Waals surface area (Å²) in [7, 11) is -3.63. The lowest BCUT2D eigenvalue weighted by atomic mass is 10.1. The fourth-order valence-corrected chi connectivity index (χ4v) is 3.42. The zero-order valence-corrected chi connectivity index (χ0v) is 12.4. The molecule has 0 atom stereocenters. The summed E-state index contributed by atoms with van der Waals surface area (Å²) in [5.41, 5.74) is 1.38. The van der Waals surface area contributed by atoms with E-state index >= 15 is 0 Å². The van der Waals surface area contributed by atoms with Crippen molar-refractivity contribution >= 4 is 15.6 Å². The zero-order valence-electron chi connectivity index (χ0n) is 11.5. The molecule has 0 spiro atoms. The Bertz CT molecular complexity index is 767. The molecule has 2 rings (SSSR count). The van der Waals surface area contributed by atoms with Crippen LogP contribution in [0.25, 0.3) is 0 Å². The number of rotatable bonds is 5. The van der Waals surface area contributed by atoms with Gasteiger partial charge in [0.2, 0.25) is 0 Å². The molecular formula is C16H15FO3S. The van der Waals surface area contributed by atoms with Crippen LogP contribution >= 0.6 is 0 Å². The molecule has 0 aliphatic rings. The summed E-state index contributed by atoms with van der Waals surface area (Å²) >= 11 is 0. The summed E-state index contributed by atoms with van der Waals surface area (Å²) in [5.74, 6) is -2.34. The van der Waals surface area contributed by atoms with Crippen molar-refractivity contribution in [3.05, 3.63) is 71.0 Å². The lowest BCUT2D eigenvalue weighted by molar-refractivity contribution is 0.101. The van der Waals surface area contributed by atoms with Crippen molar-refractivity contribution in [2.75, 3.05) is 5.75 Å². The molecule has 0 amide bonds. The van der Waals surface area contributed by atoms with Crippen molar-refractivity contribution in [2.45, 2.75) is 12.7 Å². The molecule has 110 valence electrons. The molecule has 0 unspecified atom stereocenters. The van der Waals surface area contributed by atoms with Gasteiger partial charge in [-0.2, -0.15) is 0 Å². The Balaban J connectivity index is 2.15. The van der Waals surface area contributed by atoms with Gasteiger partial charge in [0.1, 0.15) is 11.6 Å². The highest BCUT2D eigenvalue weighted by molar-refractivity contribution is 7.91. The Hall–Kier alpha value is -2.01. The van der Waals surface area contributed by atoms with Crippen LogP contribution in [-0.2, 0) is 15.6 Å². The first kappa shape index (κ1) is 15.4. The molecule has 21 heavy (non-hydrogen) atoms. The van der Waals surface area contributed by atoms with Crippen LogP contribution in [-0.4, -0.2) is 20.0 Å². The van der Waals surface area contributed by atoms with Crippen molar-refractivity contribution in [1.29, 1.82) is 0 Å². The summed E-state index contributed by atoms with van der Waals surface area (Å²) < 4.78 is 37.6. The number of Topliss-reactive ketones (excluding diaryl/α,β-unsaturated/α-hetero) is 1. The van der Waals surface area contributed by atoms with Crippen molar-refractivity contribution in [2.24, 2.45) is 0 Å².